The molecule has 3 unspecified atom stereocenters. The van der Waals surface area contributed by atoms with Crippen molar-refractivity contribution in [1.82, 2.24) is 4.90 Å². The second kappa shape index (κ2) is 6.89. The molecule has 0 bridgehead atoms. The minimum Gasteiger partial charge on any atom is -0.497 e. The first-order valence-corrected chi connectivity index (χ1v) is 7.51. The van der Waals surface area contributed by atoms with Gasteiger partial charge in [0, 0.05) is 24.4 Å². The summed E-state index contributed by atoms with van der Waals surface area (Å²) < 4.78 is 15.3. The zero-order chi connectivity index (χ0) is 17.1. The summed E-state index contributed by atoms with van der Waals surface area (Å²) in [6.07, 6.45) is 0.737. The van der Waals surface area contributed by atoms with Crippen molar-refractivity contribution in [3.05, 3.63) is 23.8 Å². The maximum absolute atomic E-state index is 12.6. The van der Waals surface area contributed by atoms with Gasteiger partial charge in [0.05, 0.1) is 21.3 Å². The van der Waals surface area contributed by atoms with Crippen LogP contribution in [-0.4, -0.2) is 51.2 Å². The molecule has 6 heteroatoms. The lowest BCUT2D eigenvalue weighted by molar-refractivity contribution is -0.151. The van der Waals surface area contributed by atoms with E-state index >= 15 is 0 Å². The Labute approximate surface area is 136 Å². The van der Waals surface area contributed by atoms with Crippen LogP contribution in [0, 0.1) is 5.92 Å². The lowest BCUT2D eigenvalue weighted by Gasteiger charge is -2.23. The number of hydrogen-bond acceptors (Lipinski definition) is 5. The Bertz CT molecular complexity index is 601. The highest BCUT2D eigenvalue weighted by Gasteiger charge is 2.47. The first kappa shape index (κ1) is 17.1. The molecule has 0 saturated heterocycles. The third-order valence-electron chi connectivity index (χ3n) is 4.41. The van der Waals surface area contributed by atoms with Gasteiger partial charge in [-0.25, -0.2) is 4.79 Å². The molecule has 3 atom stereocenters. The number of rotatable bonds is 6. The number of nitrogens with zero attached hydrogens (tertiary/aromatic N) is 1. The Hall–Kier alpha value is -2.24. The molecule has 2 rings (SSSR count). The molecule has 1 aromatic rings. The van der Waals surface area contributed by atoms with E-state index in [4.69, 9.17) is 14.2 Å². The van der Waals surface area contributed by atoms with E-state index < -0.39 is 12.0 Å². The van der Waals surface area contributed by atoms with Crippen LogP contribution in [0.25, 0.3) is 0 Å². The van der Waals surface area contributed by atoms with Crippen LogP contribution in [0.15, 0.2) is 18.2 Å². The third-order valence-corrected chi connectivity index (χ3v) is 4.41. The fourth-order valence-electron chi connectivity index (χ4n) is 2.72. The molecular formula is C17H23NO5. The van der Waals surface area contributed by atoms with Gasteiger partial charge in [-0.05, 0) is 31.5 Å². The number of ether oxygens (including phenoxy) is 3. The molecule has 1 aromatic carbocycles. The quantitative estimate of drug-likeness (QED) is 0.748. The lowest BCUT2D eigenvalue weighted by atomic mass is 10.1. The Morgan fingerprint density at radius 1 is 1.22 bits per heavy atom. The lowest BCUT2D eigenvalue weighted by Crippen LogP contribution is -2.41. The summed E-state index contributed by atoms with van der Waals surface area (Å²) in [4.78, 5) is 25.6. The van der Waals surface area contributed by atoms with Crippen LogP contribution in [0.4, 0.5) is 0 Å². The first-order valence-electron chi connectivity index (χ1n) is 7.51. The highest BCUT2D eigenvalue weighted by molar-refractivity contribution is 5.88. The van der Waals surface area contributed by atoms with Crippen molar-refractivity contribution in [1.29, 1.82) is 0 Å². The Kier molecular flexibility index (Phi) is 5.13. The van der Waals surface area contributed by atoms with Gasteiger partial charge in [0.1, 0.15) is 17.5 Å². The number of esters is 1. The number of carbonyl (C=O) groups is 2. The van der Waals surface area contributed by atoms with Crippen molar-refractivity contribution >= 4 is 11.9 Å². The van der Waals surface area contributed by atoms with E-state index in [0.29, 0.717) is 0 Å². The van der Waals surface area contributed by atoms with Crippen molar-refractivity contribution in [3.63, 3.8) is 0 Å². The molecular weight excluding hydrogens is 298 g/mol. The summed E-state index contributed by atoms with van der Waals surface area (Å²) >= 11 is 0. The molecule has 0 spiro atoms. The minimum atomic E-state index is -0.596. The second-order valence-corrected chi connectivity index (χ2v) is 5.70. The molecule has 0 aromatic heterocycles. The summed E-state index contributed by atoms with van der Waals surface area (Å²) in [6, 6.07) is 4.98. The summed E-state index contributed by atoms with van der Waals surface area (Å²) in [5, 5.41) is 0. The summed E-state index contributed by atoms with van der Waals surface area (Å²) in [5.74, 6) is 0.938. The molecule has 0 aliphatic heterocycles. The van der Waals surface area contributed by atoms with Gasteiger partial charge >= 0.3 is 5.97 Å². The molecule has 1 aliphatic rings. The smallest absolute Gasteiger partial charge is 0.328 e. The minimum absolute atomic E-state index is 0.0576. The van der Waals surface area contributed by atoms with E-state index in [9.17, 15) is 9.59 Å². The molecule has 1 saturated carbocycles. The number of benzene rings is 1. The van der Waals surface area contributed by atoms with Gasteiger partial charge in [-0.3, -0.25) is 4.79 Å². The average molecular weight is 321 g/mol. The Morgan fingerprint density at radius 3 is 2.48 bits per heavy atom. The molecule has 6 nitrogen and oxygen atoms in total. The van der Waals surface area contributed by atoms with E-state index in [0.717, 1.165) is 23.5 Å². The van der Waals surface area contributed by atoms with Gasteiger partial charge < -0.3 is 19.1 Å². The van der Waals surface area contributed by atoms with Crippen LogP contribution in [0.2, 0.25) is 0 Å². The van der Waals surface area contributed by atoms with Crippen molar-refractivity contribution < 1.29 is 23.8 Å². The normalized spacial score (nSPS) is 20.4. The Morgan fingerprint density at radius 2 is 1.91 bits per heavy atom. The van der Waals surface area contributed by atoms with Gasteiger partial charge in [-0.15, -0.1) is 0 Å². The van der Waals surface area contributed by atoms with Crippen LogP contribution in [0.5, 0.6) is 11.5 Å². The van der Waals surface area contributed by atoms with Gasteiger partial charge in [0.2, 0.25) is 5.91 Å². The van der Waals surface area contributed by atoms with E-state index in [1.807, 2.05) is 18.2 Å². The SMILES string of the molecule is COC(=O)C(C)N(C)C(=O)C1CC1c1cc(OC)ccc1OC. The van der Waals surface area contributed by atoms with Gasteiger partial charge in [-0.2, -0.15) is 0 Å². The number of amides is 1. The predicted molar refractivity (Wildman–Crippen MR) is 84.6 cm³/mol. The molecule has 1 amide bonds. The number of methoxy groups -OCH3 is 3. The maximum atomic E-state index is 12.6. The number of hydrogen-bond donors (Lipinski definition) is 0. The zero-order valence-corrected chi connectivity index (χ0v) is 14.2. The highest BCUT2D eigenvalue weighted by Crippen LogP contribution is 2.52. The number of likely N-dealkylation sites (N-methyl/N-ethyl adjacent to an activating group) is 1. The van der Waals surface area contributed by atoms with Crippen LogP contribution in [0.3, 0.4) is 0 Å². The van der Waals surface area contributed by atoms with Crippen LogP contribution < -0.4 is 9.47 Å². The van der Waals surface area contributed by atoms with E-state index in [1.54, 1.807) is 28.2 Å². The van der Waals surface area contributed by atoms with Gasteiger partial charge in [0.15, 0.2) is 0 Å². The summed E-state index contributed by atoms with van der Waals surface area (Å²) in [6.45, 7) is 1.66. The Balaban J connectivity index is 2.12. The largest absolute Gasteiger partial charge is 0.497 e. The second-order valence-electron chi connectivity index (χ2n) is 5.70. The fourth-order valence-corrected chi connectivity index (χ4v) is 2.72. The molecule has 126 valence electrons. The fraction of sp³-hybridized carbons (Fsp3) is 0.529. The monoisotopic (exact) mass is 321 g/mol. The van der Waals surface area contributed by atoms with Gasteiger partial charge in [-0.1, -0.05) is 0 Å². The standard InChI is InChI=1S/C17H23NO5/c1-10(17(20)23-5)18(2)16(19)14-9-12(14)13-8-11(21-3)6-7-15(13)22-4/h6-8,10,12,14H,9H2,1-5H3. The van der Waals surface area contributed by atoms with Crippen LogP contribution in [0.1, 0.15) is 24.8 Å². The van der Waals surface area contributed by atoms with E-state index in [1.165, 1.54) is 12.0 Å². The zero-order valence-electron chi connectivity index (χ0n) is 14.2. The van der Waals surface area contributed by atoms with Crippen molar-refractivity contribution in [2.75, 3.05) is 28.4 Å². The molecule has 0 heterocycles. The highest BCUT2D eigenvalue weighted by atomic mass is 16.5. The van der Waals surface area contributed by atoms with E-state index in [2.05, 4.69) is 0 Å². The van der Waals surface area contributed by atoms with Gasteiger partial charge in [0.25, 0.3) is 0 Å². The molecule has 23 heavy (non-hydrogen) atoms. The predicted octanol–water partition coefficient (Wildman–Crippen LogP) is 1.83. The summed E-state index contributed by atoms with van der Waals surface area (Å²) in [7, 11) is 6.16. The van der Waals surface area contributed by atoms with Crippen molar-refractivity contribution in [3.8, 4) is 11.5 Å². The van der Waals surface area contributed by atoms with Crippen LogP contribution in [-0.2, 0) is 14.3 Å². The van der Waals surface area contributed by atoms with E-state index in [-0.39, 0.29) is 17.7 Å². The number of carbonyl (C=O) groups excluding carboxylic acids is 2. The first-order chi connectivity index (χ1) is 10.9. The topological polar surface area (TPSA) is 65.1 Å². The van der Waals surface area contributed by atoms with Crippen LogP contribution >= 0.6 is 0 Å². The summed E-state index contributed by atoms with van der Waals surface area (Å²) in [5.41, 5.74) is 0.962. The van der Waals surface area contributed by atoms with Crippen molar-refractivity contribution in [2.24, 2.45) is 5.92 Å². The molecule has 1 aliphatic carbocycles. The molecule has 1 fully saturated rings. The third kappa shape index (κ3) is 3.41. The average Bonchev–Trinajstić information content (AvgIpc) is 3.38. The maximum Gasteiger partial charge on any atom is 0.328 e. The van der Waals surface area contributed by atoms with Crippen molar-refractivity contribution in [2.45, 2.75) is 25.3 Å². The molecule has 0 radical (unpaired) electrons. The molecule has 0 N–H and O–H groups in total.